The molecular weight excluding hydrogens is 234 g/mol. The van der Waals surface area contributed by atoms with Crippen LogP contribution < -0.4 is 0 Å². The number of rotatable bonds is 1. The molecule has 1 heterocycles. The number of hydrogen-bond acceptors (Lipinski definition) is 2. The lowest BCUT2D eigenvalue weighted by Gasteiger charge is -2.24. The monoisotopic (exact) mass is 255 g/mol. The molecule has 1 aromatic carbocycles. The molecule has 0 radical (unpaired) electrons. The number of nitrogens with zero attached hydrogens (tertiary/aromatic N) is 1. The average Bonchev–Trinajstić information content (AvgIpc) is 2.98. The summed E-state index contributed by atoms with van der Waals surface area (Å²) < 4.78 is 0. The van der Waals surface area contributed by atoms with Crippen LogP contribution in [0.15, 0.2) is 17.3 Å². The molecule has 4 atom stereocenters. The molecule has 1 aromatic rings. The van der Waals surface area contributed by atoms with Crippen molar-refractivity contribution in [1.29, 1.82) is 0 Å². The van der Waals surface area contributed by atoms with Crippen LogP contribution in [-0.4, -0.2) is 11.8 Å². The number of fused-ring (bicyclic) bond motifs is 5. The highest BCUT2D eigenvalue weighted by Crippen LogP contribution is 2.53. The second-order valence-corrected chi connectivity index (χ2v) is 6.68. The molecule has 4 rings (SSSR count). The van der Waals surface area contributed by atoms with Gasteiger partial charge in [0.15, 0.2) is 0 Å². The van der Waals surface area contributed by atoms with Crippen LogP contribution in [0, 0.1) is 38.5 Å². The van der Waals surface area contributed by atoms with E-state index in [2.05, 4.69) is 38.1 Å². The van der Waals surface area contributed by atoms with Gasteiger partial charge in [0.05, 0.1) is 5.71 Å². The molecule has 0 N–H and O–H groups in total. The highest BCUT2D eigenvalue weighted by Gasteiger charge is 2.54. The van der Waals surface area contributed by atoms with Gasteiger partial charge in [0, 0.05) is 11.5 Å². The van der Waals surface area contributed by atoms with Gasteiger partial charge in [0.25, 0.3) is 0 Å². The molecule has 0 amide bonds. The van der Waals surface area contributed by atoms with Crippen molar-refractivity contribution >= 4 is 5.71 Å². The standard InChI is InChI=1S/C17H21NO/c1-9-6-10(2)14(11(3)7-9)16-15-12-4-5-13(8-12)17(15)19-18-16/h6-7,12-13,15,17H,4-5,8H2,1-3H3/t12-,13+,15-,17+/m0/s1. The Morgan fingerprint density at radius 1 is 1.05 bits per heavy atom. The van der Waals surface area contributed by atoms with Gasteiger partial charge in [-0.2, -0.15) is 0 Å². The van der Waals surface area contributed by atoms with Crippen LogP contribution in [0.25, 0.3) is 0 Å². The highest BCUT2D eigenvalue weighted by atomic mass is 16.6. The predicted molar refractivity (Wildman–Crippen MR) is 76.4 cm³/mol. The normalized spacial score (nSPS) is 35.2. The minimum atomic E-state index is 0.383. The molecule has 0 saturated heterocycles. The largest absolute Gasteiger partial charge is 0.391 e. The molecule has 2 nitrogen and oxygen atoms in total. The fourth-order valence-electron chi connectivity index (χ4n) is 4.74. The molecule has 0 spiro atoms. The summed E-state index contributed by atoms with van der Waals surface area (Å²) in [7, 11) is 0. The van der Waals surface area contributed by atoms with Gasteiger partial charge >= 0.3 is 0 Å². The molecule has 2 saturated carbocycles. The van der Waals surface area contributed by atoms with Gasteiger partial charge in [-0.05, 0) is 63.0 Å². The van der Waals surface area contributed by atoms with Gasteiger partial charge in [-0.25, -0.2) is 0 Å². The van der Waals surface area contributed by atoms with Gasteiger partial charge < -0.3 is 4.84 Å². The van der Waals surface area contributed by atoms with Crippen molar-refractivity contribution < 1.29 is 4.84 Å². The summed E-state index contributed by atoms with van der Waals surface area (Å²) in [6.07, 6.45) is 4.46. The summed E-state index contributed by atoms with van der Waals surface area (Å²) in [6.45, 7) is 6.58. The third-order valence-electron chi connectivity index (χ3n) is 5.36. The van der Waals surface area contributed by atoms with Crippen LogP contribution >= 0.6 is 0 Å². The Kier molecular flexibility index (Phi) is 2.33. The highest BCUT2D eigenvalue weighted by molar-refractivity contribution is 6.05. The maximum atomic E-state index is 5.81. The first kappa shape index (κ1) is 11.5. The van der Waals surface area contributed by atoms with Gasteiger partial charge in [0.2, 0.25) is 0 Å². The molecule has 100 valence electrons. The molecule has 1 aliphatic heterocycles. The van der Waals surface area contributed by atoms with Gasteiger partial charge in [-0.1, -0.05) is 22.9 Å². The quantitative estimate of drug-likeness (QED) is 0.748. The van der Waals surface area contributed by atoms with Crippen molar-refractivity contribution in [2.45, 2.75) is 46.1 Å². The lowest BCUT2D eigenvalue weighted by atomic mass is 9.79. The van der Waals surface area contributed by atoms with Crippen LogP contribution in [0.3, 0.4) is 0 Å². The SMILES string of the molecule is Cc1cc(C)c(C2=NO[C@@H]3[C@@H]4CC[C@@H](C4)[C@@H]23)c(C)c1. The molecule has 0 aromatic heterocycles. The predicted octanol–water partition coefficient (Wildman–Crippen LogP) is 3.76. The summed E-state index contributed by atoms with van der Waals surface area (Å²) >= 11 is 0. The molecule has 0 unspecified atom stereocenters. The smallest absolute Gasteiger partial charge is 0.139 e. The average molecular weight is 255 g/mol. The van der Waals surface area contributed by atoms with Crippen molar-refractivity contribution in [3.63, 3.8) is 0 Å². The zero-order valence-corrected chi connectivity index (χ0v) is 11.9. The third-order valence-corrected chi connectivity index (χ3v) is 5.36. The van der Waals surface area contributed by atoms with E-state index in [-0.39, 0.29) is 0 Å². The first-order chi connectivity index (χ1) is 9.15. The molecule has 2 bridgehead atoms. The minimum Gasteiger partial charge on any atom is -0.391 e. The second kappa shape index (κ2) is 3.84. The van der Waals surface area contributed by atoms with E-state index in [1.165, 1.54) is 47.2 Å². The van der Waals surface area contributed by atoms with Crippen LogP contribution in [0.5, 0.6) is 0 Å². The van der Waals surface area contributed by atoms with E-state index in [0.29, 0.717) is 12.0 Å². The summed E-state index contributed by atoms with van der Waals surface area (Å²) in [5.41, 5.74) is 6.63. The van der Waals surface area contributed by atoms with Crippen molar-refractivity contribution in [1.82, 2.24) is 0 Å². The lowest BCUT2D eigenvalue weighted by molar-refractivity contribution is 0.0275. The van der Waals surface area contributed by atoms with Crippen molar-refractivity contribution in [3.05, 3.63) is 34.4 Å². The fourth-order valence-corrected chi connectivity index (χ4v) is 4.74. The number of hydrogen-bond donors (Lipinski definition) is 0. The summed E-state index contributed by atoms with van der Waals surface area (Å²) in [5, 5.41) is 4.50. The molecule has 2 heteroatoms. The summed E-state index contributed by atoms with van der Waals surface area (Å²) in [5.74, 6) is 2.15. The van der Waals surface area contributed by atoms with E-state index in [1.54, 1.807) is 0 Å². The zero-order valence-electron chi connectivity index (χ0n) is 11.9. The van der Waals surface area contributed by atoms with Crippen molar-refractivity contribution in [3.8, 4) is 0 Å². The van der Waals surface area contributed by atoms with E-state index in [9.17, 15) is 0 Å². The molecule has 2 aliphatic carbocycles. The Morgan fingerprint density at radius 2 is 1.74 bits per heavy atom. The van der Waals surface area contributed by atoms with E-state index in [4.69, 9.17) is 4.84 Å². The van der Waals surface area contributed by atoms with Crippen LogP contribution in [0.1, 0.15) is 41.5 Å². The Bertz CT molecular complexity index is 552. The van der Waals surface area contributed by atoms with Gasteiger partial charge in [-0.15, -0.1) is 0 Å². The Labute approximate surface area is 114 Å². The third kappa shape index (κ3) is 1.52. The minimum absolute atomic E-state index is 0.383. The van der Waals surface area contributed by atoms with E-state index in [0.717, 1.165) is 11.8 Å². The molecule has 3 aliphatic rings. The second-order valence-electron chi connectivity index (χ2n) is 6.68. The van der Waals surface area contributed by atoms with Crippen molar-refractivity contribution in [2.75, 3.05) is 0 Å². The molecular formula is C17H21NO. The topological polar surface area (TPSA) is 21.6 Å². The van der Waals surface area contributed by atoms with Crippen LogP contribution in [-0.2, 0) is 4.84 Å². The van der Waals surface area contributed by atoms with Crippen LogP contribution in [0.2, 0.25) is 0 Å². The maximum absolute atomic E-state index is 5.81. The van der Waals surface area contributed by atoms with Gasteiger partial charge in [0.1, 0.15) is 6.10 Å². The first-order valence-corrected chi connectivity index (χ1v) is 7.47. The van der Waals surface area contributed by atoms with E-state index in [1.807, 2.05) is 0 Å². The van der Waals surface area contributed by atoms with E-state index >= 15 is 0 Å². The zero-order chi connectivity index (χ0) is 13.1. The Hall–Kier alpha value is -1.31. The maximum Gasteiger partial charge on any atom is 0.139 e. The molecule has 2 fully saturated rings. The lowest BCUT2D eigenvalue weighted by Crippen LogP contribution is -2.30. The van der Waals surface area contributed by atoms with Crippen molar-refractivity contribution in [2.24, 2.45) is 22.9 Å². The Balaban J connectivity index is 1.78. The number of benzene rings is 1. The number of aryl methyl sites for hydroxylation is 3. The Morgan fingerprint density at radius 3 is 2.47 bits per heavy atom. The van der Waals surface area contributed by atoms with Gasteiger partial charge in [-0.3, -0.25) is 0 Å². The van der Waals surface area contributed by atoms with E-state index < -0.39 is 0 Å². The number of oxime groups is 1. The molecule has 19 heavy (non-hydrogen) atoms. The summed E-state index contributed by atoms with van der Waals surface area (Å²) in [4.78, 5) is 5.81. The fraction of sp³-hybridized carbons (Fsp3) is 0.588. The summed E-state index contributed by atoms with van der Waals surface area (Å²) in [6, 6.07) is 4.54. The first-order valence-electron chi connectivity index (χ1n) is 7.47. The van der Waals surface area contributed by atoms with Crippen LogP contribution in [0.4, 0.5) is 0 Å².